The standard InChI is InChI=1S/C31H61N2/c1-4-7-10-13-15-16-17-18-20-22-25-28-33-30-29-32(27-24-12-9-6-3)31(33)26-23-21-19-14-11-8-5-2/h29-30H,4-28H2,1-3H3/q+1. The number of nitrogens with zero attached hydrogens (tertiary/aromatic N) is 2. The largest absolute Gasteiger partial charge is 0.256 e. The molecule has 0 bridgehead atoms. The molecule has 0 saturated heterocycles. The number of hydrogen-bond acceptors (Lipinski definition) is 0. The van der Waals surface area contributed by atoms with Crippen molar-refractivity contribution in [2.45, 2.75) is 182 Å². The molecule has 0 unspecified atom stereocenters. The number of aromatic nitrogens is 2. The molecule has 0 spiro atoms. The molecule has 0 atom stereocenters. The van der Waals surface area contributed by atoms with Crippen molar-refractivity contribution in [1.82, 2.24) is 4.57 Å². The van der Waals surface area contributed by atoms with Gasteiger partial charge in [0.25, 0.3) is 5.82 Å². The number of aryl methyl sites for hydroxylation is 2. The van der Waals surface area contributed by atoms with Gasteiger partial charge in [-0.1, -0.05) is 130 Å². The van der Waals surface area contributed by atoms with Crippen LogP contribution < -0.4 is 4.57 Å². The van der Waals surface area contributed by atoms with Crippen LogP contribution in [0.1, 0.15) is 168 Å². The molecule has 1 rings (SSSR count). The quantitative estimate of drug-likeness (QED) is 0.101. The number of rotatable bonds is 25. The highest BCUT2D eigenvalue weighted by atomic mass is 15.1. The van der Waals surface area contributed by atoms with Gasteiger partial charge < -0.3 is 0 Å². The molecule has 0 fully saturated rings. The first-order chi connectivity index (χ1) is 16.3. The fourth-order valence-corrected chi connectivity index (χ4v) is 5.09. The number of unbranched alkanes of at least 4 members (excludes halogenated alkanes) is 19. The fourth-order valence-electron chi connectivity index (χ4n) is 5.09. The third-order valence-electron chi connectivity index (χ3n) is 7.35. The highest BCUT2D eigenvalue weighted by Crippen LogP contribution is 2.13. The molecule has 0 amide bonds. The summed E-state index contributed by atoms with van der Waals surface area (Å²) in [5.74, 6) is 1.60. The van der Waals surface area contributed by atoms with Gasteiger partial charge in [-0.2, -0.15) is 0 Å². The SMILES string of the molecule is CCCCCCCCCCCCC[n+]1ccn(CCCCCC)c1CCCCCCCCC. The first-order valence-corrected chi connectivity index (χ1v) is 15.4. The van der Waals surface area contributed by atoms with E-state index in [9.17, 15) is 0 Å². The van der Waals surface area contributed by atoms with Gasteiger partial charge in [0.2, 0.25) is 0 Å². The highest BCUT2D eigenvalue weighted by molar-refractivity contribution is 4.84. The van der Waals surface area contributed by atoms with Crippen LogP contribution in [0.3, 0.4) is 0 Å². The predicted octanol–water partition coefficient (Wildman–Crippen LogP) is 9.96. The van der Waals surface area contributed by atoms with Gasteiger partial charge >= 0.3 is 0 Å². The Balaban J connectivity index is 2.29. The van der Waals surface area contributed by atoms with E-state index in [0.29, 0.717) is 0 Å². The van der Waals surface area contributed by atoms with E-state index in [0.717, 1.165) is 0 Å². The first kappa shape index (κ1) is 30.2. The van der Waals surface area contributed by atoms with Crippen LogP contribution in [0, 0.1) is 0 Å². The van der Waals surface area contributed by atoms with Gasteiger partial charge in [0, 0.05) is 6.42 Å². The summed E-state index contributed by atoms with van der Waals surface area (Å²) in [6.45, 7) is 9.37. The third kappa shape index (κ3) is 16.5. The summed E-state index contributed by atoms with van der Waals surface area (Å²) in [4.78, 5) is 0. The number of imidazole rings is 1. The lowest BCUT2D eigenvalue weighted by Crippen LogP contribution is -2.37. The minimum absolute atomic E-state index is 1.22. The molecule has 0 aliphatic rings. The Bertz CT molecular complexity index is 519. The van der Waals surface area contributed by atoms with E-state index in [-0.39, 0.29) is 0 Å². The normalized spacial score (nSPS) is 11.5. The van der Waals surface area contributed by atoms with E-state index in [4.69, 9.17) is 0 Å². The van der Waals surface area contributed by atoms with Gasteiger partial charge in [0.05, 0.1) is 13.1 Å². The second-order valence-electron chi connectivity index (χ2n) is 10.6. The smallest absolute Gasteiger partial charge is 0.234 e. The number of hydrogen-bond donors (Lipinski definition) is 0. The topological polar surface area (TPSA) is 8.81 Å². The summed E-state index contributed by atoms with van der Waals surface area (Å²) < 4.78 is 5.19. The summed E-state index contributed by atoms with van der Waals surface area (Å²) in [5.41, 5.74) is 0. The lowest BCUT2D eigenvalue weighted by atomic mass is 10.1. The molecule has 1 aromatic heterocycles. The first-order valence-electron chi connectivity index (χ1n) is 15.4. The Hall–Kier alpha value is -0.790. The second kappa shape index (κ2) is 23.0. The van der Waals surface area contributed by atoms with Crippen molar-refractivity contribution in [3.8, 4) is 0 Å². The molecule has 0 radical (unpaired) electrons. The molecule has 1 heterocycles. The minimum atomic E-state index is 1.22. The van der Waals surface area contributed by atoms with Crippen LogP contribution in [0.5, 0.6) is 0 Å². The maximum Gasteiger partial charge on any atom is 0.256 e. The molecule has 33 heavy (non-hydrogen) atoms. The van der Waals surface area contributed by atoms with Crippen molar-refractivity contribution in [3.63, 3.8) is 0 Å². The van der Waals surface area contributed by atoms with Crippen LogP contribution in [-0.2, 0) is 19.5 Å². The van der Waals surface area contributed by atoms with Crippen molar-refractivity contribution >= 4 is 0 Å². The van der Waals surface area contributed by atoms with Crippen LogP contribution >= 0.6 is 0 Å². The van der Waals surface area contributed by atoms with Crippen LogP contribution in [-0.4, -0.2) is 4.57 Å². The molecular weight excluding hydrogens is 400 g/mol. The molecule has 2 heteroatoms. The molecule has 0 saturated carbocycles. The zero-order chi connectivity index (χ0) is 23.8. The maximum atomic E-state index is 2.60. The monoisotopic (exact) mass is 461 g/mol. The van der Waals surface area contributed by atoms with Gasteiger partial charge in [-0.25, -0.2) is 9.13 Å². The van der Waals surface area contributed by atoms with Crippen LogP contribution in [0.15, 0.2) is 12.4 Å². The van der Waals surface area contributed by atoms with Crippen LogP contribution in [0.25, 0.3) is 0 Å². The maximum absolute atomic E-state index is 2.60. The molecule has 0 aromatic carbocycles. The van der Waals surface area contributed by atoms with E-state index < -0.39 is 0 Å². The average Bonchev–Trinajstić information content (AvgIpc) is 3.21. The van der Waals surface area contributed by atoms with E-state index in [1.807, 2.05) is 0 Å². The van der Waals surface area contributed by atoms with Gasteiger partial charge in [0.1, 0.15) is 12.4 Å². The van der Waals surface area contributed by atoms with E-state index in [2.05, 4.69) is 42.3 Å². The lowest BCUT2D eigenvalue weighted by Gasteiger charge is -2.07. The molecule has 194 valence electrons. The molecule has 0 N–H and O–H groups in total. The van der Waals surface area contributed by atoms with Crippen molar-refractivity contribution in [1.29, 1.82) is 0 Å². The van der Waals surface area contributed by atoms with Gasteiger partial charge in [-0.3, -0.25) is 0 Å². The molecule has 1 aromatic rings. The third-order valence-corrected chi connectivity index (χ3v) is 7.35. The summed E-state index contributed by atoms with van der Waals surface area (Å²) in [6, 6.07) is 0. The zero-order valence-corrected chi connectivity index (χ0v) is 23.2. The van der Waals surface area contributed by atoms with Crippen molar-refractivity contribution in [2.24, 2.45) is 0 Å². The fraction of sp³-hybridized carbons (Fsp3) is 0.903. The second-order valence-corrected chi connectivity index (χ2v) is 10.6. The Morgan fingerprint density at radius 3 is 1.45 bits per heavy atom. The summed E-state index contributed by atoms with van der Waals surface area (Å²) in [5, 5.41) is 0. The Morgan fingerprint density at radius 2 is 0.939 bits per heavy atom. The predicted molar refractivity (Wildman–Crippen MR) is 147 cm³/mol. The average molecular weight is 462 g/mol. The highest BCUT2D eigenvalue weighted by Gasteiger charge is 2.16. The zero-order valence-electron chi connectivity index (χ0n) is 23.2. The van der Waals surface area contributed by atoms with Crippen LogP contribution in [0.2, 0.25) is 0 Å². The lowest BCUT2D eigenvalue weighted by molar-refractivity contribution is -0.704. The van der Waals surface area contributed by atoms with Crippen molar-refractivity contribution in [3.05, 3.63) is 18.2 Å². The van der Waals surface area contributed by atoms with Gasteiger partial charge in [0.15, 0.2) is 0 Å². The summed E-state index contributed by atoms with van der Waals surface area (Å²) >= 11 is 0. The van der Waals surface area contributed by atoms with E-state index in [1.54, 1.807) is 5.82 Å². The Labute approximate surface area is 208 Å². The molecule has 2 nitrogen and oxygen atoms in total. The Morgan fingerprint density at radius 1 is 0.515 bits per heavy atom. The summed E-state index contributed by atoms with van der Waals surface area (Å²) in [6.07, 6.45) is 37.0. The van der Waals surface area contributed by atoms with Gasteiger partial charge in [-0.05, 0) is 32.1 Å². The van der Waals surface area contributed by atoms with E-state index >= 15 is 0 Å². The Kier molecular flexibility index (Phi) is 21.1. The van der Waals surface area contributed by atoms with Crippen molar-refractivity contribution < 1.29 is 4.57 Å². The minimum Gasteiger partial charge on any atom is -0.234 e. The van der Waals surface area contributed by atoms with E-state index in [1.165, 1.54) is 161 Å². The van der Waals surface area contributed by atoms with Crippen LogP contribution in [0.4, 0.5) is 0 Å². The molecular formula is C31H61N2+. The summed E-state index contributed by atoms with van der Waals surface area (Å²) in [7, 11) is 0. The molecule has 0 aliphatic carbocycles. The van der Waals surface area contributed by atoms with Gasteiger partial charge in [-0.15, -0.1) is 0 Å². The molecule has 0 aliphatic heterocycles. The van der Waals surface area contributed by atoms with Crippen molar-refractivity contribution in [2.75, 3.05) is 0 Å².